The lowest BCUT2D eigenvalue weighted by Crippen LogP contribution is -2.50. The highest BCUT2D eigenvalue weighted by Crippen LogP contribution is 1.94. The molecule has 1 aliphatic heterocycles. The third-order valence-corrected chi connectivity index (χ3v) is 1.15. The monoisotopic (exact) mass is 145 g/mol. The van der Waals surface area contributed by atoms with Gasteiger partial charge in [0.15, 0.2) is 12.6 Å². The van der Waals surface area contributed by atoms with Crippen LogP contribution in [0.4, 0.5) is 0 Å². The largest absolute Gasteiger partial charge is 0.454 e. The van der Waals surface area contributed by atoms with Crippen molar-refractivity contribution >= 4 is 11.9 Å². The average molecular weight is 145 g/mol. The highest BCUT2D eigenvalue weighted by Gasteiger charge is 2.26. The lowest BCUT2D eigenvalue weighted by atomic mass is 10.3. The van der Waals surface area contributed by atoms with Crippen LogP contribution in [0.25, 0.3) is 0 Å². The second-order valence-electron chi connectivity index (χ2n) is 1.91. The van der Waals surface area contributed by atoms with E-state index in [4.69, 9.17) is 5.11 Å². The number of nitrogens with one attached hydrogen (secondary N) is 1. The number of ether oxygens (including phenoxy) is 1. The molecule has 5 heteroatoms. The van der Waals surface area contributed by atoms with E-state index in [2.05, 4.69) is 10.1 Å². The fraction of sp³-hybridized carbons (Fsp3) is 0.600. The fourth-order valence-electron chi connectivity index (χ4n) is 0.652. The zero-order valence-electron chi connectivity index (χ0n) is 5.16. The standard InChI is InChI=1S/C5H7NO4/c7-1-3-5(9)10-2-4(8)6-3/h3,7H,1-2H2,(H,6,8)/t3-/m0/s1. The van der Waals surface area contributed by atoms with Gasteiger partial charge < -0.3 is 15.2 Å². The molecule has 1 heterocycles. The third-order valence-electron chi connectivity index (χ3n) is 1.15. The Morgan fingerprint density at radius 3 is 2.90 bits per heavy atom. The van der Waals surface area contributed by atoms with Gasteiger partial charge in [0.25, 0.3) is 5.91 Å². The Kier molecular flexibility index (Phi) is 1.86. The molecule has 0 aromatic rings. The summed E-state index contributed by atoms with van der Waals surface area (Å²) < 4.78 is 4.38. The highest BCUT2D eigenvalue weighted by molar-refractivity contribution is 5.90. The van der Waals surface area contributed by atoms with Crippen molar-refractivity contribution in [3.05, 3.63) is 0 Å². The van der Waals surface area contributed by atoms with Crippen LogP contribution in [-0.2, 0) is 14.3 Å². The molecule has 1 saturated heterocycles. The second-order valence-corrected chi connectivity index (χ2v) is 1.91. The van der Waals surface area contributed by atoms with E-state index < -0.39 is 18.6 Å². The summed E-state index contributed by atoms with van der Waals surface area (Å²) in [6.07, 6.45) is 0. The zero-order valence-corrected chi connectivity index (χ0v) is 5.16. The molecule has 1 amide bonds. The molecule has 0 saturated carbocycles. The van der Waals surface area contributed by atoms with Crippen LogP contribution in [0.5, 0.6) is 0 Å². The Morgan fingerprint density at radius 2 is 2.40 bits per heavy atom. The molecule has 2 N–H and O–H groups in total. The van der Waals surface area contributed by atoms with Gasteiger partial charge in [-0.1, -0.05) is 0 Å². The average Bonchev–Trinajstić information content (AvgIpc) is 1.94. The van der Waals surface area contributed by atoms with Crippen LogP contribution >= 0.6 is 0 Å². The second kappa shape index (κ2) is 2.66. The number of morpholine rings is 1. The summed E-state index contributed by atoms with van der Waals surface area (Å²) >= 11 is 0. The molecule has 1 atom stereocenters. The van der Waals surface area contributed by atoms with Crippen molar-refractivity contribution < 1.29 is 19.4 Å². The SMILES string of the molecule is O=C1COC(=O)[C@H](CO)N1. The normalized spacial score (nSPS) is 25.5. The van der Waals surface area contributed by atoms with Gasteiger partial charge in [-0.3, -0.25) is 4.79 Å². The number of rotatable bonds is 1. The Bertz CT molecular complexity index is 167. The zero-order chi connectivity index (χ0) is 7.56. The van der Waals surface area contributed by atoms with Crippen LogP contribution in [0, 0.1) is 0 Å². The maximum atomic E-state index is 10.6. The number of esters is 1. The number of aliphatic hydroxyl groups is 1. The van der Waals surface area contributed by atoms with Crippen molar-refractivity contribution in [1.29, 1.82) is 0 Å². The molecule has 10 heavy (non-hydrogen) atoms. The molecule has 1 aliphatic rings. The van der Waals surface area contributed by atoms with E-state index in [0.717, 1.165) is 0 Å². The number of hydrogen-bond acceptors (Lipinski definition) is 4. The van der Waals surface area contributed by atoms with E-state index in [1.165, 1.54) is 0 Å². The summed E-state index contributed by atoms with van der Waals surface area (Å²) in [6, 6.07) is -0.874. The smallest absolute Gasteiger partial charge is 0.331 e. The fourth-order valence-corrected chi connectivity index (χ4v) is 0.652. The minimum Gasteiger partial charge on any atom is -0.454 e. The molecule has 56 valence electrons. The van der Waals surface area contributed by atoms with Crippen LogP contribution in [0.3, 0.4) is 0 Å². The van der Waals surface area contributed by atoms with Crippen LogP contribution in [0.15, 0.2) is 0 Å². The minimum atomic E-state index is -0.874. The van der Waals surface area contributed by atoms with Crippen LogP contribution in [0.2, 0.25) is 0 Å². The predicted molar refractivity (Wildman–Crippen MR) is 30.0 cm³/mol. The first kappa shape index (κ1) is 7.01. The molecule has 0 aromatic heterocycles. The quantitative estimate of drug-likeness (QED) is 0.419. The van der Waals surface area contributed by atoms with E-state index in [9.17, 15) is 9.59 Å². The van der Waals surface area contributed by atoms with Crippen molar-refractivity contribution in [1.82, 2.24) is 5.32 Å². The lowest BCUT2D eigenvalue weighted by Gasteiger charge is -2.19. The molecule has 0 radical (unpaired) electrons. The molecular formula is C5H7NO4. The van der Waals surface area contributed by atoms with Gasteiger partial charge in [0.05, 0.1) is 6.61 Å². The summed E-state index contributed by atoms with van der Waals surface area (Å²) in [5.74, 6) is -0.958. The summed E-state index contributed by atoms with van der Waals surface area (Å²) in [6.45, 7) is -0.653. The highest BCUT2D eigenvalue weighted by atomic mass is 16.5. The van der Waals surface area contributed by atoms with Gasteiger partial charge in [-0.15, -0.1) is 0 Å². The molecule has 1 fully saturated rings. The predicted octanol–water partition coefficient (Wildman–Crippen LogP) is -1.98. The van der Waals surface area contributed by atoms with E-state index in [1.807, 2.05) is 0 Å². The maximum absolute atomic E-state index is 10.6. The number of carbonyl (C=O) groups is 2. The van der Waals surface area contributed by atoms with Crippen molar-refractivity contribution in [2.45, 2.75) is 6.04 Å². The van der Waals surface area contributed by atoms with E-state index >= 15 is 0 Å². The van der Waals surface area contributed by atoms with Crippen molar-refractivity contribution in [3.63, 3.8) is 0 Å². The Labute approximate surface area is 57.0 Å². The van der Waals surface area contributed by atoms with Gasteiger partial charge in [-0.25, -0.2) is 4.79 Å². The summed E-state index contributed by atoms with van der Waals surface area (Å²) in [5.41, 5.74) is 0. The molecule has 0 unspecified atom stereocenters. The topological polar surface area (TPSA) is 75.6 Å². The Morgan fingerprint density at radius 1 is 1.70 bits per heavy atom. The molecule has 0 aromatic carbocycles. The van der Waals surface area contributed by atoms with E-state index in [-0.39, 0.29) is 12.5 Å². The number of cyclic esters (lactones) is 1. The first-order valence-electron chi connectivity index (χ1n) is 2.81. The lowest BCUT2D eigenvalue weighted by molar-refractivity contribution is -0.158. The number of carbonyl (C=O) groups excluding carboxylic acids is 2. The minimum absolute atomic E-state index is 0.241. The molecule has 0 aliphatic carbocycles. The molecule has 1 rings (SSSR count). The van der Waals surface area contributed by atoms with Crippen molar-refractivity contribution in [3.8, 4) is 0 Å². The van der Waals surface area contributed by atoms with Gasteiger partial charge >= 0.3 is 5.97 Å². The van der Waals surface area contributed by atoms with Crippen molar-refractivity contribution in [2.24, 2.45) is 0 Å². The summed E-state index contributed by atoms with van der Waals surface area (Å²) in [7, 11) is 0. The molecular weight excluding hydrogens is 138 g/mol. The first-order valence-corrected chi connectivity index (χ1v) is 2.81. The molecule has 0 spiro atoms. The molecule has 5 nitrogen and oxygen atoms in total. The van der Waals surface area contributed by atoms with Gasteiger partial charge in [0.2, 0.25) is 0 Å². The molecule has 0 bridgehead atoms. The first-order chi connectivity index (χ1) is 4.74. The van der Waals surface area contributed by atoms with Crippen LogP contribution < -0.4 is 5.32 Å². The van der Waals surface area contributed by atoms with Gasteiger partial charge in [0.1, 0.15) is 0 Å². The number of hydrogen-bond donors (Lipinski definition) is 2. The number of amides is 1. The van der Waals surface area contributed by atoms with Gasteiger partial charge in [0, 0.05) is 0 Å². The maximum Gasteiger partial charge on any atom is 0.331 e. The van der Waals surface area contributed by atoms with Crippen LogP contribution in [0.1, 0.15) is 0 Å². The Hall–Kier alpha value is -1.10. The van der Waals surface area contributed by atoms with Gasteiger partial charge in [-0.05, 0) is 0 Å². The van der Waals surface area contributed by atoms with Crippen LogP contribution in [-0.4, -0.2) is 36.2 Å². The third kappa shape index (κ3) is 1.24. The van der Waals surface area contributed by atoms with E-state index in [0.29, 0.717) is 0 Å². The number of aliphatic hydroxyl groups excluding tert-OH is 1. The Balaban J connectivity index is 2.53. The summed E-state index contributed by atoms with van der Waals surface area (Å²) in [4.78, 5) is 21.1. The summed E-state index contributed by atoms with van der Waals surface area (Å²) in [5, 5.41) is 10.7. The van der Waals surface area contributed by atoms with Crippen molar-refractivity contribution in [2.75, 3.05) is 13.2 Å². The van der Waals surface area contributed by atoms with Gasteiger partial charge in [-0.2, -0.15) is 0 Å². The van der Waals surface area contributed by atoms with E-state index in [1.54, 1.807) is 0 Å².